The zero-order valence-corrected chi connectivity index (χ0v) is 13.6. The van der Waals surface area contributed by atoms with Gasteiger partial charge in [0, 0.05) is 6.54 Å². The molecule has 1 aromatic rings. The van der Waals surface area contributed by atoms with Gasteiger partial charge in [-0.15, -0.1) is 0 Å². The van der Waals surface area contributed by atoms with Crippen LogP contribution < -0.4 is 5.32 Å². The van der Waals surface area contributed by atoms with Gasteiger partial charge in [-0.25, -0.2) is 0 Å². The number of carbonyl (C=O) groups excluding carboxylic acids is 2. The second-order valence-electron chi connectivity index (χ2n) is 5.05. The number of methoxy groups -OCH3 is 1. The number of halogens is 1. The molecule has 1 aromatic carbocycles. The Balaban J connectivity index is 2.56. The van der Waals surface area contributed by atoms with Crippen molar-refractivity contribution in [1.29, 1.82) is 0 Å². The maximum Gasteiger partial charge on any atom is 0.306 e. The molecule has 5 nitrogen and oxygen atoms in total. The first-order chi connectivity index (χ1) is 9.83. The number of nitrogens with one attached hydrogen (secondary N) is 1. The molecule has 21 heavy (non-hydrogen) atoms. The van der Waals surface area contributed by atoms with Crippen molar-refractivity contribution in [1.82, 2.24) is 4.90 Å². The lowest BCUT2D eigenvalue weighted by atomic mass is 10.1. The zero-order chi connectivity index (χ0) is 16.0. The molecule has 0 aliphatic heterocycles. The Labute approximate surface area is 130 Å². The van der Waals surface area contributed by atoms with Crippen LogP contribution in [0.25, 0.3) is 0 Å². The van der Waals surface area contributed by atoms with Gasteiger partial charge in [0.25, 0.3) is 0 Å². The summed E-state index contributed by atoms with van der Waals surface area (Å²) in [6, 6.07) is 3.77. The van der Waals surface area contributed by atoms with Crippen molar-refractivity contribution >= 4 is 29.2 Å². The third kappa shape index (κ3) is 5.73. The van der Waals surface area contributed by atoms with E-state index in [9.17, 15) is 9.59 Å². The van der Waals surface area contributed by atoms with Crippen molar-refractivity contribution in [2.75, 3.05) is 32.6 Å². The number of aryl methyl sites for hydroxylation is 2. The first kappa shape index (κ1) is 17.5. The first-order valence-electron chi connectivity index (χ1n) is 6.65. The van der Waals surface area contributed by atoms with Gasteiger partial charge >= 0.3 is 5.97 Å². The average molecular weight is 313 g/mol. The number of likely N-dealkylation sites (N-methyl/N-ethyl adjacent to an activating group) is 1. The number of carbonyl (C=O) groups is 2. The number of ether oxygens (including phenoxy) is 1. The summed E-state index contributed by atoms with van der Waals surface area (Å²) in [6.45, 7) is 4.49. The largest absolute Gasteiger partial charge is 0.469 e. The highest BCUT2D eigenvalue weighted by atomic mass is 35.5. The van der Waals surface area contributed by atoms with Gasteiger partial charge in [-0.2, -0.15) is 0 Å². The smallest absolute Gasteiger partial charge is 0.306 e. The second-order valence-corrected chi connectivity index (χ2v) is 5.46. The minimum Gasteiger partial charge on any atom is -0.469 e. The Hall–Kier alpha value is -1.59. The molecule has 0 saturated carbocycles. The molecule has 0 aliphatic carbocycles. The van der Waals surface area contributed by atoms with Crippen LogP contribution in [0.15, 0.2) is 12.1 Å². The van der Waals surface area contributed by atoms with Crippen molar-refractivity contribution in [2.24, 2.45) is 0 Å². The van der Waals surface area contributed by atoms with E-state index in [1.807, 2.05) is 26.0 Å². The van der Waals surface area contributed by atoms with E-state index in [-0.39, 0.29) is 24.8 Å². The third-order valence-electron chi connectivity index (χ3n) is 3.04. The van der Waals surface area contributed by atoms with Gasteiger partial charge in [0.2, 0.25) is 5.91 Å². The molecule has 116 valence electrons. The number of hydrogen-bond acceptors (Lipinski definition) is 4. The lowest BCUT2D eigenvalue weighted by molar-refractivity contribution is -0.141. The van der Waals surface area contributed by atoms with Gasteiger partial charge in [-0.3, -0.25) is 14.5 Å². The predicted octanol–water partition coefficient (Wildman–Crippen LogP) is 2.39. The van der Waals surface area contributed by atoms with Crippen LogP contribution in [0, 0.1) is 13.8 Å². The topological polar surface area (TPSA) is 58.6 Å². The molecule has 6 heteroatoms. The highest BCUT2D eigenvalue weighted by molar-refractivity contribution is 6.34. The molecular formula is C15H21ClN2O3. The molecular weight excluding hydrogens is 292 g/mol. The van der Waals surface area contributed by atoms with Gasteiger partial charge in [0.05, 0.1) is 30.8 Å². The highest BCUT2D eigenvalue weighted by Crippen LogP contribution is 2.27. The van der Waals surface area contributed by atoms with E-state index in [0.29, 0.717) is 17.3 Å². The number of hydrogen-bond donors (Lipinski definition) is 1. The van der Waals surface area contributed by atoms with Crippen molar-refractivity contribution in [3.63, 3.8) is 0 Å². The quantitative estimate of drug-likeness (QED) is 0.819. The molecule has 0 unspecified atom stereocenters. The van der Waals surface area contributed by atoms with E-state index < -0.39 is 0 Å². The van der Waals surface area contributed by atoms with Crippen LogP contribution >= 0.6 is 11.6 Å². The predicted molar refractivity (Wildman–Crippen MR) is 83.7 cm³/mol. The summed E-state index contributed by atoms with van der Waals surface area (Å²) in [5.74, 6) is -0.462. The Morgan fingerprint density at radius 3 is 2.57 bits per heavy atom. The van der Waals surface area contributed by atoms with Crippen LogP contribution in [0.3, 0.4) is 0 Å². The normalized spacial score (nSPS) is 10.6. The summed E-state index contributed by atoms with van der Waals surface area (Å²) in [5.41, 5.74) is 2.60. The fourth-order valence-corrected chi connectivity index (χ4v) is 2.33. The number of amides is 1. The second kappa shape index (κ2) is 8.00. The van der Waals surface area contributed by atoms with Gasteiger partial charge in [0.15, 0.2) is 0 Å². The van der Waals surface area contributed by atoms with Crippen LogP contribution in [0.2, 0.25) is 5.02 Å². The van der Waals surface area contributed by atoms with Crippen molar-refractivity contribution in [3.8, 4) is 0 Å². The van der Waals surface area contributed by atoms with Crippen molar-refractivity contribution in [3.05, 3.63) is 28.3 Å². The van der Waals surface area contributed by atoms with E-state index in [1.165, 1.54) is 7.11 Å². The Morgan fingerprint density at radius 1 is 1.33 bits per heavy atom. The van der Waals surface area contributed by atoms with Crippen LogP contribution in [-0.2, 0) is 14.3 Å². The molecule has 0 atom stereocenters. The number of anilines is 1. The summed E-state index contributed by atoms with van der Waals surface area (Å²) < 4.78 is 4.56. The maximum absolute atomic E-state index is 12.0. The summed E-state index contributed by atoms with van der Waals surface area (Å²) in [5, 5.41) is 3.34. The van der Waals surface area contributed by atoms with Crippen LogP contribution in [0.1, 0.15) is 17.5 Å². The van der Waals surface area contributed by atoms with Crippen LogP contribution in [-0.4, -0.2) is 44.0 Å². The minimum atomic E-state index is -0.292. The number of benzene rings is 1. The molecule has 1 amide bonds. The maximum atomic E-state index is 12.0. The molecule has 0 bridgehead atoms. The van der Waals surface area contributed by atoms with Gasteiger partial charge in [-0.1, -0.05) is 17.7 Å². The molecule has 0 spiro atoms. The molecule has 0 fully saturated rings. The Bertz CT molecular complexity index is 509. The van der Waals surface area contributed by atoms with E-state index in [0.717, 1.165) is 11.1 Å². The fraction of sp³-hybridized carbons (Fsp3) is 0.467. The Morgan fingerprint density at radius 2 is 2.00 bits per heavy atom. The summed E-state index contributed by atoms with van der Waals surface area (Å²) in [6.07, 6.45) is 0.255. The monoisotopic (exact) mass is 312 g/mol. The fourth-order valence-electron chi connectivity index (χ4n) is 1.96. The molecule has 1 rings (SSSR count). The number of nitrogens with zero attached hydrogens (tertiary/aromatic N) is 1. The molecule has 0 saturated heterocycles. The van der Waals surface area contributed by atoms with E-state index in [4.69, 9.17) is 11.6 Å². The van der Waals surface area contributed by atoms with Crippen molar-refractivity contribution in [2.45, 2.75) is 20.3 Å². The summed E-state index contributed by atoms with van der Waals surface area (Å²) in [4.78, 5) is 24.8. The van der Waals surface area contributed by atoms with E-state index >= 15 is 0 Å². The SMILES string of the molecule is COC(=O)CCN(C)CC(=O)Nc1c(C)cc(C)cc1Cl. The standard InChI is InChI=1S/C15H21ClN2O3/c1-10-7-11(2)15(12(16)8-10)17-13(19)9-18(3)6-5-14(20)21-4/h7-8H,5-6,9H2,1-4H3,(H,17,19). The lowest BCUT2D eigenvalue weighted by Gasteiger charge is -2.17. The first-order valence-corrected chi connectivity index (χ1v) is 7.03. The van der Waals surface area contributed by atoms with Crippen LogP contribution in [0.4, 0.5) is 5.69 Å². The molecule has 1 N–H and O–H groups in total. The summed E-state index contributed by atoms with van der Waals surface area (Å²) >= 11 is 6.15. The summed E-state index contributed by atoms with van der Waals surface area (Å²) in [7, 11) is 3.11. The van der Waals surface area contributed by atoms with Crippen LogP contribution in [0.5, 0.6) is 0 Å². The van der Waals surface area contributed by atoms with E-state index in [1.54, 1.807) is 11.9 Å². The van der Waals surface area contributed by atoms with Crippen molar-refractivity contribution < 1.29 is 14.3 Å². The molecule has 0 aliphatic rings. The Kier molecular flexibility index (Phi) is 6.65. The van der Waals surface area contributed by atoms with E-state index in [2.05, 4.69) is 10.1 Å². The van der Waals surface area contributed by atoms with Gasteiger partial charge < -0.3 is 10.1 Å². The van der Waals surface area contributed by atoms with Gasteiger partial charge in [-0.05, 0) is 38.1 Å². The molecule has 0 radical (unpaired) electrons. The van der Waals surface area contributed by atoms with Gasteiger partial charge in [0.1, 0.15) is 0 Å². The molecule has 0 aromatic heterocycles. The minimum absolute atomic E-state index is 0.170. The average Bonchev–Trinajstić information content (AvgIpc) is 2.40. The lowest BCUT2D eigenvalue weighted by Crippen LogP contribution is -2.32. The molecule has 0 heterocycles. The number of esters is 1. The third-order valence-corrected chi connectivity index (χ3v) is 3.33. The zero-order valence-electron chi connectivity index (χ0n) is 12.8. The highest BCUT2D eigenvalue weighted by Gasteiger charge is 2.12. The number of rotatable bonds is 6.